The largest absolute Gasteiger partial charge is 0.343 e. The molecule has 3 aromatic rings. The first-order chi connectivity index (χ1) is 19.1. The molecule has 7 heteroatoms. The van der Waals surface area contributed by atoms with Gasteiger partial charge in [0.2, 0.25) is 0 Å². The van der Waals surface area contributed by atoms with Crippen molar-refractivity contribution in [2.24, 2.45) is 5.73 Å². The van der Waals surface area contributed by atoms with Crippen LogP contribution in [-0.4, -0.2) is 55.0 Å². The van der Waals surface area contributed by atoms with E-state index in [0.29, 0.717) is 0 Å². The van der Waals surface area contributed by atoms with Gasteiger partial charge in [-0.1, -0.05) is 56.0 Å². The molecular weight excluding hydrogens is 533 g/mol. The molecule has 1 amide bonds. The fourth-order valence-corrected chi connectivity index (χ4v) is 8.76. The summed E-state index contributed by atoms with van der Waals surface area (Å²) >= 11 is 3.52. The lowest BCUT2D eigenvalue weighted by atomic mass is 9.85. The molecule has 2 aliphatic rings. The van der Waals surface area contributed by atoms with Crippen LogP contribution in [0.4, 0.5) is 0 Å². The third-order valence-electron chi connectivity index (χ3n) is 9.50. The lowest BCUT2D eigenvalue weighted by molar-refractivity contribution is 0.0772. The van der Waals surface area contributed by atoms with Gasteiger partial charge in [-0.3, -0.25) is 4.79 Å². The van der Waals surface area contributed by atoms with E-state index in [2.05, 4.69) is 78.3 Å². The summed E-state index contributed by atoms with van der Waals surface area (Å²) in [5.41, 5.74) is 9.53. The first kappa shape index (κ1) is 30.9. The smallest absolute Gasteiger partial charge is 0.252 e. The summed E-state index contributed by atoms with van der Waals surface area (Å²) in [6.45, 7) is 4.03. The number of hydrogen-bond acceptors (Lipinski definition) is 6. The summed E-state index contributed by atoms with van der Waals surface area (Å²) < 4.78 is 0. The van der Waals surface area contributed by atoms with Crippen LogP contribution in [0.1, 0.15) is 94.7 Å². The standard InChI is InChI=1S/C21H28N2OS.C12H20N2S/c1-15-9-7-10-16(2)18(15)20(24)22-19(17-11-8-14-25-17)21(23(3)4)12-5-6-13-21;1-14(2)12(7-3-4-8-12)11(13)10-6-5-9-15-10/h7-11,14,19H,5-6,12-13H2,1-4H3,(H,22,24);5-6,9,11H,3-4,7-8,13H2,1-2H3. The quantitative estimate of drug-likeness (QED) is 0.293. The average molecular weight is 581 g/mol. The van der Waals surface area contributed by atoms with Crippen LogP contribution in [0.5, 0.6) is 0 Å². The zero-order valence-electron chi connectivity index (χ0n) is 25.2. The molecule has 3 N–H and O–H groups in total. The van der Waals surface area contributed by atoms with Crippen LogP contribution in [0.2, 0.25) is 0 Å². The minimum atomic E-state index is -0.00287. The third kappa shape index (κ3) is 6.24. The van der Waals surface area contributed by atoms with Crippen molar-refractivity contribution in [1.29, 1.82) is 0 Å². The van der Waals surface area contributed by atoms with E-state index >= 15 is 0 Å². The second-order valence-corrected chi connectivity index (χ2v) is 14.1. The Morgan fingerprint density at radius 1 is 0.775 bits per heavy atom. The Bertz CT molecular complexity index is 1190. The number of hydrogen-bond donors (Lipinski definition) is 2. The third-order valence-corrected chi connectivity index (χ3v) is 11.4. The van der Waals surface area contributed by atoms with E-state index in [1.807, 2.05) is 32.0 Å². The highest BCUT2D eigenvalue weighted by molar-refractivity contribution is 7.10. The second-order valence-electron chi connectivity index (χ2n) is 12.1. The highest BCUT2D eigenvalue weighted by Crippen LogP contribution is 2.45. The molecule has 0 aliphatic heterocycles. The SMILES string of the molecule is CN(C)C1(C(N)c2cccs2)CCCC1.Cc1cccc(C)c1C(=O)NC(c1cccs1)C1(N(C)C)CCCC1. The molecule has 2 fully saturated rings. The molecule has 2 heterocycles. The molecule has 0 bridgehead atoms. The number of likely N-dealkylation sites (N-methyl/N-ethyl adjacent to an activating group) is 2. The number of benzene rings is 1. The van der Waals surface area contributed by atoms with Gasteiger partial charge in [0.25, 0.3) is 5.91 Å². The number of nitrogens with one attached hydrogen (secondary N) is 1. The van der Waals surface area contributed by atoms with Gasteiger partial charge in [0.1, 0.15) is 0 Å². The van der Waals surface area contributed by atoms with Gasteiger partial charge in [-0.15, -0.1) is 22.7 Å². The van der Waals surface area contributed by atoms with Gasteiger partial charge >= 0.3 is 0 Å². The van der Waals surface area contributed by atoms with E-state index in [0.717, 1.165) is 29.5 Å². The number of nitrogens with two attached hydrogens (primary N) is 1. The number of nitrogens with zero attached hydrogens (tertiary/aromatic N) is 2. The number of rotatable bonds is 8. The molecule has 2 aromatic heterocycles. The van der Waals surface area contributed by atoms with Crippen LogP contribution in [0, 0.1) is 13.8 Å². The fraction of sp³-hybridized carbons (Fsp3) is 0.545. The predicted octanol–water partition coefficient (Wildman–Crippen LogP) is 7.33. The highest BCUT2D eigenvalue weighted by Gasteiger charge is 2.45. The Labute approximate surface area is 249 Å². The van der Waals surface area contributed by atoms with Gasteiger partial charge in [-0.2, -0.15) is 0 Å². The first-order valence-electron chi connectivity index (χ1n) is 14.7. The highest BCUT2D eigenvalue weighted by atomic mass is 32.1. The molecule has 2 saturated carbocycles. The summed E-state index contributed by atoms with van der Waals surface area (Å²) in [7, 11) is 8.63. The molecule has 2 unspecified atom stereocenters. The van der Waals surface area contributed by atoms with E-state index in [1.54, 1.807) is 22.7 Å². The molecule has 2 aliphatic carbocycles. The molecule has 1 aromatic carbocycles. The summed E-state index contributed by atoms with van der Waals surface area (Å²) in [6.07, 6.45) is 9.79. The van der Waals surface area contributed by atoms with Crippen molar-refractivity contribution in [3.8, 4) is 0 Å². The Hall–Kier alpha value is -2.03. The molecular formula is C33H48N4OS2. The number of thiophene rings is 2. The van der Waals surface area contributed by atoms with Crippen LogP contribution >= 0.6 is 22.7 Å². The molecule has 5 nitrogen and oxygen atoms in total. The number of amides is 1. The van der Waals surface area contributed by atoms with Crippen molar-refractivity contribution in [3.63, 3.8) is 0 Å². The zero-order valence-corrected chi connectivity index (χ0v) is 26.8. The van der Waals surface area contributed by atoms with Crippen molar-refractivity contribution in [2.45, 2.75) is 88.4 Å². The predicted molar refractivity (Wildman–Crippen MR) is 171 cm³/mol. The van der Waals surface area contributed by atoms with Gasteiger partial charge in [-0.25, -0.2) is 0 Å². The maximum absolute atomic E-state index is 13.2. The van der Waals surface area contributed by atoms with E-state index < -0.39 is 0 Å². The Morgan fingerprint density at radius 2 is 1.25 bits per heavy atom. The van der Waals surface area contributed by atoms with Crippen molar-refractivity contribution < 1.29 is 4.79 Å². The number of aryl methyl sites for hydroxylation is 2. The Kier molecular flexibility index (Phi) is 10.3. The van der Waals surface area contributed by atoms with Crippen molar-refractivity contribution >= 4 is 28.6 Å². The summed E-state index contributed by atoms with van der Waals surface area (Å²) in [5.74, 6) is 0.0436. The van der Waals surface area contributed by atoms with Crippen molar-refractivity contribution in [1.82, 2.24) is 15.1 Å². The minimum Gasteiger partial charge on any atom is -0.343 e. The van der Waals surface area contributed by atoms with Gasteiger partial charge in [0, 0.05) is 26.4 Å². The average Bonchev–Trinajstić information content (AvgIpc) is 3.75. The summed E-state index contributed by atoms with van der Waals surface area (Å²) in [4.78, 5) is 20.4. The molecule has 0 saturated heterocycles. The zero-order chi connectivity index (χ0) is 28.9. The van der Waals surface area contributed by atoms with Gasteiger partial charge in [0.05, 0.1) is 12.1 Å². The van der Waals surface area contributed by atoms with Crippen LogP contribution in [-0.2, 0) is 0 Å². The number of carbonyl (C=O) groups excluding carboxylic acids is 1. The van der Waals surface area contributed by atoms with Crippen LogP contribution in [0.3, 0.4) is 0 Å². The maximum atomic E-state index is 13.2. The van der Waals surface area contributed by atoms with Gasteiger partial charge in [-0.05, 0) is 102 Å². The molecule has 40 heavy (non-hydrogen) atoms. The first-order valence-corrected chi connectivity index (χ1v) is 16.4. The van der Waals surface area contributed by atoms with Crippen LogP contribution in [0.15, 0.2) is 53.2 Å². The summed E-state index contributed by atoms with van der Waals surface area (Å²) in [6, 6.07) is 14.7. The number of carbonyl (C=O) groups is 1. The lowest BCUT2D eigenvalue weighted by Gasteiger charge is -2.43. The van der Waals surface area contributed by atoms with Crippen molar-refractivity contribution in [2.75, 3.05) is 28.2 Å². The van der Waals surface area contributed by atoms with Gasteiger partial charge in [0.15, 0.2) is 0 Å². The maximum Gasteiger partial charge on any atom is 0.252 e. The second kappa shape index (κ2) is 13.3. The molecule has 5 rings (SSSR count). The molecule has 218 valence electrons. The van der Waals surface area contributed by atoms with E-state index in [4.69, 9.17) is 5.73 Å². The molecule has 0 spiro atoms. The van der Waals surface area contributed by atoms with E-state index in [9.17, 15) is 4.79 Å². The van der Waals surface area contributed by atoms with E-state index in [-0.39, 0.29) is 29.1 Å². The normalized spacial score (nSPS) is 19.3. The monoisotopic (exact) mass is 580 g/mol. The lowest BCUT2D eigenvalue weighted by Crippen LogP contribution is -2.53. The van der Waals surface area contributed by atoms with E-state index in [1.165, 1.54) is 48.3 Å². The molecule has 2 atom stereocenters. The molecule has 0 radical (unpaired) electrons. The van der Waals surface area contributed by atoms with Crippen LogP contribution < -0.4 is 11.1 Å². The van der Waals surface area contributed by atoms with Crippen molar-refractivity contribution in [3.05, 3.63) is 79.7 Å². The fourth-order valence-electron chi connectivity index (χ4n) is 7.04. The minimum absolute atomic E-state index is 0.00287. The summed E-state index contributed by atoms with van der Waals surface area (Å²) in [5, 5.41) is 7.63. The van der Waals surface area contributed by atoms with Crippen LogP contribution in [0.25, 0.3) is 0 Å². The van der Waals surface area contributed by atoms with Gasteiger partial charge < -0.3 is 20.9 Å². The topological polar surface area (TPSA) is 61.6 Å². The Balaban J connectivity index is 0.000000210. The Morgan fingerprint density at radius 3 is 1.70 bits per heavy atom.